The van der Waals surface area contributed by atoms with E-state index in [1.54, 1.807) is 0 Å². The van der Waals surface area contributed by atoms with Crippen LogP contribution in [0.4, 0.5) is 19.0 Å². The van der Waals surface area contributed by atoms with Gasteiger partial charge in [-0.25, -0.2) is 4.98 Å². The molecule has 1 aromatic rings. The van der Waals surface area contributed by atoms with Gasteiger partial charge in [0.15, 0.2) is 5.12 Å². The van der Waals surface area contributed by atoms with Crippen LogP contribution < -0.4 is 4.90 Å². The standard InChI is InChI=1S/C13H13F3N2O2S/c1-8(19)21-7-9-5-11(20)18(6-9)12-10(13(14,15)16)3-2-4-17-12/h2-4,9H,5-7H2,1H3. The molecule has 2 heterocycles. The minimum Gasteiger partial charge on any atom is -0.296 e. The molecule has 1 amide bonds. The molecule has 1 fully saturated rings. The fourth-order valence-electron chi connectivity index (χ4n) is 2.17. The third kappa shape index (κ3) is 3.75. The third-order valence-corrected chi connectivity index (χ3v) is 4.12. The topological polar surface area (TPSA) is 50.3 Å². The number of aromatic nitrogens is 1. The Labute approximate surface area is 123 Å². The predicted octanol–water partition coefficient (Wildman–Crippen LogP) is 2.73. The molecule has 2 rings (SSSR count). The zero-order chi connectivity index (χ0) is 15.6. The lowest BCUT2D eigenvalue weighted by atomic mass is 10.1. The first kappa shape index (κ1) is 15.8. The molecule has 1 atom stereocenters. The normalized spacial score (nSPS) is 19.1. The van der Waals surface area contributed by atoms with Crippen molar-refractivity contribution in [2.24, 2.45) is 5.92 Å². The van der Waals surface area contributed by atoms with Crippen molar-refractivity contribution in [1.82, 2.24) is 4.98 Å². The average Bonchev–Trinajstić information content (AvgIpc) is 2.76. The number of amides is 1. The Morgan fingerprint density at radius 3 is 2.86 bits per heavy atom. The lowest BCUT2D eigenvalue weighted by Crippen LogP contribution is -2.28. The number of carbonyl (C=O) groups is 2. The fraction of sp³-hybridized carbons (Fsp3) is 0.462. The summed E-state index contributed by atoms with van der Waals surface area (Å²) in [7, 11) is 0. The molecule has 8 heteroatoms. The van der Waals surface area contributed by atoms with Gasteiger partial charge in [-0.05, 0) is 18.1 Å². The number of thioether (sulfide) groups is 1. The second-order valence-corrected chi connectivity index (χ2v) is 5.95. The highest BCUT2D eigenvalue weighted by Gasteiger charge is 2.39. The molecule has 1 aliphatic heterocycles. The molecule has 0 bridgehead atoms. The van der Waals surface area contributed by atoms with Crippen molar-refractivity contribution >= 4 is 28.6 Å². The summed E-state index contributed by atoms with van der Waals surface area (Å²) in [5.74, 6) is -0.473. The molecular weight excluding hydrogens is 305 g/mol. The first-order valence-electron chi connectivity index (χ1n) is 6.25. The molecule has 4 nitrogen and oxygen atoms in total. The molecule has 114 valence electrons. The van der Waals surface area contributed by atoms with Crippen molar-refractivity contribution in [3.63, 3.8) is 0 Å². The van der Waals surface area contributed by atoms with E-state index < -0.39 is 17.6 Å². The maximum Gasteiger partial charge on any atom is 0.419 e. The molecule has 0 spiro atoms. The van der Waals surface area contributed by atoms with Crippen LogP contribution in [0.15, 0.2) is 18.3 Å². The van der Waals surface area contributed by atoms with E-state index in [2.05, 4.69) is 4.98 Å². The van der Waals surface area contributed by atoms with Gasteiger partial charge in [0.1, 0.15) is 5.82 Å². The van der Waals surface area contributed by atoms with Gasteiger partial charge in [-0.15, -0.1) is 0 Å². The molecular formula is C13H13F3N2O2S. The van der Waals surface area contributed by atoms with E-state index in [0.29, 0.717) is 5.75 Å². The molecule has 0 radical (unpaired) electrons. The smallest absolute Gasteiger partial charge is 0.296 e. The number of hydrogen-bond donors (Lipinski definition) is 0. The number of carbonyl (C=O) groups excluding carboxylic acids is 2. The fourth-order valence-corrected chi connectivity index (χ4v) is 2.86. The summed E-state index contributed by atoms with van der Waals surface area (Å²) >= 11 is 1.08. The van der Waals surface area contributed by atoms with E-state index in [9.17, 15) is 22.8 Å². The molecule has 1 aliphatic rings. The number of alkyl halides is 3. The van der Waals surface area contributed by atoms with Crippen LogP contribution in [0.25, 0.3) is 0 Å². The van der Waals surface area contributed by atoms with E-state index in [0.717, 1.165) is 22.7 Å². The molecule has 1 unspecified atom stereocenters. The van der Waals surface area contributed by atoms with Crippen molar-refractivity contribution in [1.29, 1.82) is 0 Å². The Balaban J connectivity index is 2.20. The van der Waals surface area contributed by atoms with Crippen LogP contribution in [0.3, 0.4) is 0 Å². The van der Waals surface area contributed by atoms with Crippen LogP contribution in [0.5, 0.6) is 0 Å². The molecule has 0 N–H and O–H groups in total. The Morgan fingerprint density at radius 1 is 1.52 bits per heavy atom. The number of rotatable bonds is 3. The highest BCUT2D eigenvalue weighted by Crippen LogP contribution is 2.37. The quantitative estimate of drug-likeness (QED) is 0.860. The minimum atomic E-state index is -4.56. The summed E-state index contributed by atoms with van der Waals surface area (Å²) in [6.45, 7) is 1.57. The number of hydrogen-bond acceptors (Lipinski definition) is 4. The van der Waals surface area contributed by atoms with Gasteiger partial charge < -0.3 is 0 Å². The molecule has 0 saturated carbocycles. The maximum absolute atomic E-state index is 13.0. The number of halogens is 3. The van der Waals surface area contributed by atoms with Gasteiger partial charge in [0.2, 0.25) is 5.91 Å². The second kappa shape index (κ2) is 6.05. The van der Waals surface area contributed by atoms with E-state index in [1.807, 2.05) is 0 Å². The van der Waals surface area contributed by atoms with E-state index in [1.165, 1.54) is 19.2 Å². The summed E-state index contributed by atoms with van der Waals surface area (Å²) in [5, 5.41) is -0.0743. The van der Waals surface area contributed by atoms with E-state index in [-0.39, 0.29) is 29.8 Å². The van der Waals surface area contributed by atoms with Crippen LogP contribution in [0, 0.1) is 5.92 Å². The van der Waals surface area contributed by atoms with Gasteiger partial charge in [-0.1, -0.05) is 11.8 Å². The van der Waals surface area contributed by atoms with Crippen molar-refractivity contribution in [2.45, 2.75) is 19.5 Å². The van der Waals surface area contributed by atoms with Gasteiger partial charge in [0.25, 0.3) is 0 Å². The molecule has 1 aromatic heterocycles. The highest BCUT2D eigenvalue weighted by molar-refractivity contribution is 8.13. The van der Waals surface area contributed by atoms with Crippen molar-refractivity contribution < 1.29 is 22.8 Å². The highest BCUT2D eigenvalue weighted by atomic mass is 32.2. The summed E-state index contributed by atoms with van der Waals surface area (Å²) in [4.78, 5) is 27.6. The van der Waals surface area contributed by atoms with Gasteiger partial charge in [-0.3, -0.25) is 14.5 Å². The number of nitrogens with zero attached hydrogens (tertiary/aromatic N) is 2. The van der Waals surface area contributed by atoms with E-state index >= 15 is 0 Å². The van der Waals surface area contributed by atoms with Crippen LogP contribution in [0.2, 0.25) is 0 Å². The number of pyridine rings is 1. The lowest BCUT2D eigenvalue weighted by molar-refractivity contribution is -0.137. The van der Waals surface area contributed by atoms with Crippen LogP contribution in [-0.2, 0) is 15.8 Å². The molecule has 21 heavy (non-hydrogen) atoms. The zero-order valence-corrected chi connectivity index (χ0v) is 12.0. The van der Waals surface area contributed by atoms with Crippen LogP contribution in [-0.4, -0.2) is 28.3 Å². The largest absolute Gasteiger partial charge is 0.419 e. The molecule has 0 aliphatic carbocycles. The third-order valence-electron chi connectivity index (χ3n) is 3.08. The molecule has 1 saturated heterocycles. The summed E-state index contributed by atoms with van der Waals surface area (Å²) in [6.07, 6.45) is -3.19. The predicted molar refractivity (Wildman–Crippen MR) is 72.8 cm³/mol. The van der Waals surface area contributed by atoms with Crippen LogP contribution >= 0.6 is 11.8 Å². The molecule has 0 aromatic carbocycles. The van der Waals surface area contributed by atoms with Gasteiger partial charge in [0, 0.05) is 31.8 Å². The van der Waals surface area contributed by atoms with Crippen LogP contribution in [0.1, 0.15) is 18.9 Å². The lowest BCUT2D eigenvalue weighted by Gasteiger charge is -2.20. The average molecular weight is 318 g/mol. The first-order chi connectivity index (χ1) is 9.79. The summed E-state index contributed by atoms with van der Waals surface area (Å²) in [5.41, 5.74) is -0.918. The van der Waals surface area contributed by atoms with Crippen molar-refractivity contribution in [3.05, 3.63) is 23.9 Å². The monoisotopic (exact) mass is 318 g/mol. The SMILES string of the molecule is CC(=O)SCC1CC(=O)N(c2ncccc2C(F)(F)F)C1. The van der Waals surface area contributed by atoms with Gasteiger partial charge in [0.05, 0.1) is 5.56 Å². The Hall–Kier alpha value is -1.57. The number of anilines is 1. The van der Waals surface area contributed by atoms with Gasteiger partial charge in [-0.2, -0.15) is 13.2 Å². The maximum atomic E-state index is 13.0. The second-order valence-electron chi connectivity index (χ2n) is 4.75. The zero-order valence-electron chi connectivity index (χ0n) is 11.2. The first-order valence-corrected chi connectivity index (χ1v) is 7.23. The minimum absolute atomic E-state index is 0.0743. The van der Waals surface area contributed by atoms with Gasteiger partial charge >= 0.3 is 6.18 Å². The Bertz CT molecular complexity index is 563. The summed E-state index contributed by atoms with van der Waals surface area (Å²) in [6, 6.07) is 2.10. The van der Waals surface area contributed by atoms with E-state index in [4.69, 9.17) is 0 Å². The van der Waals surface area contributed by atoms with Crippen molar-refractivity contribution in [3.8, 4) is 0 Å². The summed E-state index contributed by atoms with van der Waals surface area (Å²) < 4.78 is 38.9. The Morgan fingerprint density at radius 2 is 2.24 bits per heavy atom. The Kier molecular flexibility index (Phi) is 4.55. The van der Waals surface area contributed by atoms with Crippen molar-refractivity contribution in [2.75, 3.05) is 17.2 Å².